The minimum absolute atomic E-state index is 0.0415. The Morgan fingerprint density at radius 1 is 0.523 bits per heavy atom. The van der Waals surface area contributed by atoms with Crippen molar-refractivity contribution in [1.82, 2.24) is 0 Å². The molecule has 1 atom stereocenters. The highest BCUT2D eigenvalue weighted by atomic mass is 16.5. The van der Waals surface area contributed by atoms with E-state index in [1.165, 1.54) is 141 Å². The zero-order chi connectivity index (χ0) is 32.8. The molecule has 4 heteroatoms. The van der Waals surface area contributed by atoms with E-state index in [-0.39, 0.29) is 11.9 Å². The van der Waals surface area contributed by atoms with E-state index in [1.807, 2.05) is 13.8 Å². The molecular formula is C40H76O4. The average molecular weight is 621 g/mol. The summed E-state index contributed by atoms with van der Waals surface area (Å²) in [7, 11) is 0. The van der Waals surface area contributed by atoms with Crippen molar-refractivity contribution in [2.75, 3.05) is 6.61 Å². The van der Waals surface area contributed by atoms with E-state index in [4.69, 9.17) is 9.84 Å². The highest BCUT2D eigenvalue weighted by molar-refractivity contribution is 5.69. The number of hydrogen-bond acceptors (Lipinski definition) is 3. The molecule has 0 saturated carbocycles. The van der Waals surface area contributed by atoms with Gasteiger partial charge in [-0.15, -0.1) is 0 Å². The molecule has 0 aliphatic rings. The van der Waals surface area contributed by atoms with Crippen LogP contribution in [0.1, 0.15) is 207 Å². The zero-order valence-corrected chi connectivity index (χ0v) is 30.1. The third kappa shape index (κ3) is 38.4. The van der Waals surface area contributed by atoms with Crippen LogP contribution in [-0.2, 0) is 14.3 Å². The summed E-state index contributed by atoms with van der Waals surface area (Å²) >= 11 is 0. The number of carbonyl (C=O) groups excluding carboxylic acids is 1. The number of unbranched alkanes of at least 4 members (excludes halogenated alkanes) is 21. The first-order valence-electron chi connectivity index (χ1n) is 19.2. The molecule has 0 rings (SSSR count). The molecule has 0 aliphatic carbocycles. The van der Waals surface area contributed by atoms with Gasteiger partial charge in [0.25, 0.3) is 0 Å². The van der Waals surface area contributed by atoms with Crippen molar-refractivity contribution in [2.24, 2.45) is 5.92 Å². The van der Waals surface area contributed by atoms with Gasteiger partial charge in [0, 0.05) is 6.42 Å². The molecule has 0 aliphatic heterocycles. The summed E-state index contributed by atoms with van der Waals surface area (Å²) in [5.74, 6) is -0.794. The van der Waals surface area contributed by atoms with E-state index in [2.05, 4.69) is 38.2 Å². The lowest BCUT2D eigenvalue weighted by molar-refractivity contribution is -0.143. The first kappa shape index (κ1) is 44.5. The van der Waals surface area contributed by atoms with Crippen LogP contribution in [0.4, 0.5) is 0 Å². The monoisotopic (exact) mass is 621 g/mol. The van der Waals surface area contributed by atoms with Gasteiger partial charge in [0.2, 0.25) is 0 Å². The van der Waals surface area contributed by atoms with Gasteiger partial charge in [-0.2, -0.15) is 0 Å². The van der Waals surface area contributed by atoms with Crippen molar-refractivity contribution in [1.29, 1.82) is 0 Å². The van der Waals surface area contributed by atoms with Gasteiger partial charge in [-0.3, -0.25) is 9.59 Å². The smallest absolute Gasteiger partial charge is 0.306 e. The van der Waals surface area contributed by atoms with E-state index in [0.717, 1.165) is 32.1 Å². The normalized spacial score (nSPS) is 12.0. The number of carboxylic acid groups (broad SMARTS) is 1. The molecule has 0 spiro atoms. The van der Waals surface area contributed by atoms with E-state index in [9.17, 15) is 9.59 Å². The average Bonchev–Trinajstić information content (AvgIpc) is 3.01. The molecule has 0 radical (unpaired) electrons. The van der Waals surface area contributed by atoms with Crippen LogP contribution in [0.5, 0.6) is 0 Å². The number of aliphatic carboxylic acids is 1. The molecule has 260 valence electrons. The summed E-state index contributed by atoms with van der Waals surface area (Å²) in [4.78, 5) is 22.0. The van der Waals surface area contributed by atoms with Crippen molar-refractivity contribution in [3.05, 3.63) is 24.3 Å². The predicted octanol–water partition coefficient (Wildman–Crippen LogP) is 13.3. The van der Waals surface area contributed by atoms with E-state index < -0.39 is 5.97 Å². The zero-order valence-electron chi connectivity index (χ0n) is 30.1. The Labute approximate surface area is 275 Å². The van der Waals surface area contributed by atoms with Gasteiger partial charge < -0.3 is 9.84 Å². The number of esters is 1. The second-order valence-electron chi connectivity index (χ2n) is 12.6. The van der Waals surface area contributed by atoms with Gasteiger partial charge in [0.1, 0.15) is 0 Å². The quantitative estimate of drug-likeness (QED) is 0.0461. The molecule has 4 nitrogen and oxygen atoms in total. The SMILES string of the molecule is CCCCCCCC/C=C/CCCCCCC(CC)C(=O)O.CCCCCCCC/C=C\CCCCCCCC(=O)OCC. The number of carbonyl (C=O) groups is 2. The Morgan fingerprint density at radius 3 is 1.25 bits per heavy atom. The number of ether oxygens (including phenoxy) is 1. The molecule has 0 fully saturated rings. The Kier molecular flexibility index (Phi) is 39.9. The Morgan fingerprint density at radius 2 is 0.886 bits per heavy atom. The first-order chi connectivity index (χ1) is 21.5. The Hall–Kier alpha value is -1.58. The second-order valence-corrected chi connectivity index (χ2v) is 12.6. The molecule has 0 saturated heterocycles. The van der Waals surface area contributed by atoms with Crippen LogP contribution < -0.4 is 0 Å². The highest BCUT2D eigenvalue weighted by Gasteiger charge is 2.13. The number of rotatable bonds is 32. The van der Waals surface area contributed by atoms with Crippen LogP contribution in [0.15, 0.2) is 24.3 Å². The van der Waals surface area contributed by atoms with Crippen LogP contribution in [0, 0.1) is 5.92 Å². The number of carboxylic acids is 1. The summed E-state index contributed by atoms with van der Waals surface area (Å²) in [5, 5.41) is 8.97. The van der Waals surface area contributed by atoms with Crippen molar-refractivity contribution < 1.29 is 19.4 Å². The van der Waals surface area contributed by atoms with Gasteiger partial charge in [0.05, 0.1) is 12.5 Å². The molecular weight excluding hydrogens is 544 g/mol. The van der Waals surface area contributed by atoms with Gasteiger partial charge >= 0.3 is 11.9 Å². The molecule has 0 aromatic heterocycles. The first-order valence-corrected chi connectivity index (χ1v) is 19.2. The number of allylic oxidation sites excluding steroid dienone is 4. The molecule has 0 aromatic carbocycles. The molecule has 1 N–H and O–H groups in total. The van der Waals surface area contributed by atoms with Gasteiger partial charge in [-0.1, -0.05) is 148 Å². The van der Waals surface area contributed by atoms with Crippen molar-refractivity contribution in [3.8, 4) is 0 Å². The van der Waals surface area contributed by atoms with Crippen LogP contribution in [0.3, 0.4) is 0 Å². The fourth-order valence-corrected chi connectivity index (χ4v) is 5.36. The number of hydrogen-bond donors (Lipinski definition) is 1. The topological polar surface area (TPSA) is 63.6 Å². The lowest BCUT2D eigenvalue weighted by Crippen LogP contribution is -2.12. The lowest BCUT2D eigenvalue weighted by atomic mass is 9.98. The molecule has 0 heterocycles. The van der Waals surface area contributed by atoms with Crippen LogP contribution in [-0.4, -0.2) is 23.7 Å². The van der Waals surface area contributed by atoms with E-state index in [1.54, 1.807) is 0 Å². The summed E-state index contributed by atoms with van der Waals surface area (Å²) in [6, 6.07) is 0. The maximum absolute atomic E-state index is 11.1. The summed E-state index contributed by atoms with van der Waals surface area (Å²) in [6.07, 6.45) is 43.7. The van der Waals surface area contributed by atoms with E-state index >= 15 is 0 Å². The van der Waals surface area contributed by atoms with Gasteiger partial charge in [0.15, 0.2) is 0 Å². The summed E-state index contributed by atoms with van der Waals surface area (Å²) in [5.41, 5.74) is 0. The van der Waals surface area contributed by atoms with Crippen molar-refractivity contribution >= 4 is 11.9 Å². The fraction of sp³-hybridized carbons (Fsp3) is 0.850. The highest BCUT2D eigenvalue weighted by Crippen LogP contribution is 2.15. The summed E-state index contributed by atoms with van der Waals surface area (Å²) < 4.78 is 4.91. The minimum Gasteiger partial charge on any atom is -0.481 e. The third-order valence-electron chi connectivity index (χ3n) is 8.35. The Bertz CT molecular complexity index is 637. The second kappa shape index (κ2) is 39.4. The van der Waals surface area contributed by atoms with E-state index in [0.29, 0.717) is 13.0 Å². The standard InChI is InChI=1S/2C20H38O2/c1-3-5-6-7-8-9-10-11-12-13-14-15-16-17-18-19-20(21)22-4-2;1-3-5-6-7-8-9-10-11-12-13-14-15-16-17-18-19(4-2)20(21)22/h11-12H,3-10,13-19H2,1-2H3;11-12,19H,3-10,13-18H2,1-2H3,(H,21,22)/b12-11-;12-11+. The van der Waals surface area contributed by atoms with Gasteiger partial charge in [-0.25, -0.2) is 0 Å². The fourth-order valence-electron chi connectivity index (χ4n) is 5.36. The molecule has 0 aromatic rings. The van der Waals surface area contributed by atoms with Crippen LogP contribution in [0.2, 0.25) is 0 Å². The molecule has 0 amide bonds. The predicted molar refractivity (Wildman–Crippen MR) is 192 cm³/mol. The maximum Gasteiger partial charge on any atom is 0.306 e. The van der Waals surface area contributed by atoms with Crippen molar-refractivity contribution in [2.45, 2.75) is 207 Å². The van der Waals surface area contributed by atoms with Crippen LogP contribution >= 0.6 is 0 Å². The Balaban J connectivity index is 0. The molecule has 0 bridgehead atoms. The van der Waals surface area contributed by atoms with Crippen LogP contribution in [0.25, 0.3) is 0 Å². The maximum atomic E-state index is 11.1. The molecule has 1 unspecified atom stereocenters. The molecule has 44 heavy (non-hydrogen) atoms. The van der Waals surface area contributed by atoms with Gasteiger partial charge in [-0.05, 0) is 77.6 Å². The minimum atomic E-state index is -0.625. The lowest BCUT2D eigenvalue weighted by Gasteiger charge is -2.08. The largest absolute Gasteiger partial charge is 0.481 e. The third-order valence-corrected chi connectivity index (χ3v) is 8.35. The summed E-state index contributed by atoms with van der Waals surface area (Å²) in [6.45, 7) is 8.86. The van der Waals surface area contributed by atoms with Crippen molar-refractivity contribution in [3.63, 3.8) is 0 Å².